The first-order valence-electron chi connectivity index (χ1n) is 7.32. The first kappa shape index (κ1) is 15.1. The van der Waals surface area contributed by atoms with Gasteiger partial charge in [-0.05, 0) is 23.9 Å². The molecule has 0 bridgehead atoms. The molecule has 1 saturated carbocycles. The molecule has 3 rings (SSSR count). The van der Waals surface area contributed by atoms with Crippen LogP contribution in [-0.2, 0) is 4.79 Å². The maximum Gasteiger partial charge on any atom is 0.224 e. The highest BCUT2D eigenvalue weighted by atomic mass is 32.1. The van der Waals surface area contributed by atoms with E-state index in [0.717, 1.165) is 12.0 Å². The Morgan fingerprint density at radius 1 is 1.41 bits per heavy atom. The zero-order chi connectivity index (χ0) is 15.5. The van der Waals surface area contributed by atoms with Gasteiger partial charge in [0.2, 0.25) is 5.91 Å². The van der Waals surface area contributed by atoms with Crippen LogP contribution in [-0.4, -0.2) is 24.7 Å². The molecule has 1 amide bonds. The fraction of sp³-hybridized carbons (Fsp3) is 0.353. The Bertz CT molecular complexity index is 641. The van der Waals surface area contributed by atoms with Gasteiger partial charge in [-0.3, -0.25) is 4.79 Å². The summed E-state index contributed by atoms with van der Waals surface area (Å²) >= 11 is 1.69. The van der Waals surface area contributed by atoms with Crippen molar-refractivity contribution in [3.63, 3.8) is 0 Å². The fourth-order valence-electron chi connectivity index (χ4n) is 2.76. The molecule has 0 aliphatic heterocycles. The van der Waals surface area contributed by atoms with E-state index in [4.69, 9.17) is 4.74 Å². The SMILES string of the molecule is COc1ccccc1[C@H](CO)NC(=O)[C@H]1C[C@@H]1c1cccs1. The fourth-order valence-corrected chi connectivity index (χ4v) is 3.66. The Hall–Kier alpha value is -1.85. The van der Waals surface area contributed by atoms with Crippen molar-refractivity contribution in [1.82, 2.24) is 5.32 Å². The van der Waals surface area contributed by atoms with Crippen molar-refractivity contribution in [3.05, 3.63) is 52.2 Å². The summed E-state index contributed by atoms with van der Waals surface area (Å²) in [4.78, 5) is 13.7. The Kier molecular flexibility index (Phi) is 4.45. The van der Waals surface area contributed by atoms with Crippen LogP contribution in [0.15, 0.2) is 41.8 Å². The summed E-state index contributed by atoms with van der Waals surface area (Å²) in [5.41, 5.74) is 0.800. The number of carbonyl (C=O) groups excluding carboxylic acids is 1. The van der Waals surface area contributed by atoms with Crippen molar-refractivity contribution in [1.29, 1.82) is 0 Å². The molecule has 0 radical (unpaired) electrons. The zero-order valence-electron chi connectivity index (χ0n) is 12.4. The topological polar surface area (TPSA) is 58.6 Å². The minimum absolute atomic E-state index is 0.00311. The summed E-state index contributed by atoms with van der Waals surface area (Å²) in [6.45, 7) is -0.150. The van der Waals surface area contributed by atoms with Gasteiger partial charge in [0.15, 0.2) is 0 Å². The van der Waals surface area contributed by atoms with Crippen molar-refractivity contribution in [2.45, 2.75) is 18.4 Å². The summed E-state index contributed by atoms with van der Waals surface area (Å²) in [5.74, 6) is 1.02. The lowest BCUT2D eigenvalue weighted by atomic mass is 10.1. The highest BCUT2D eigenvalue weighted by molar-refractivity contribution is 7.10. The summed E-state index contributed by atoms with van der Waals surface area (Å²) in [6, 6.07) is 11.1. The van der Waals surface area contributed by atoms with Gasteiger partial charge < -0.3 is 15.2 Å². The highest BCUT2D eigenvalue weighted by Crippen LogP contribution is 2.49. The molecule has 0 spiro atoms. The van der Waals surface area contributed by atoms with Gasteiger partial charge in [-0.15, -0.1) is 11.3 Å². The van der Waals surface area contributed by atoms with Gasteiger partial charge in [-0.25, -0.2) is 0 Å². The number of aliphatic hydroxyl groups excluding tert-OH is 1. The van der Waals surface area contributed by atoms with Gasteiger partial charge >= 0.3 is 0 Å². The van der Waals surface area contributed by atoms with Gasteiger partial charge in [0, 0.05) is 22.3 Å². The van der Waals surface area contributed by atoms with E-state index in [1.807, 2.05) is 35.7 Å². The summed E-state index contributed by atoms with van der Waals surface area (Å²) in [7, 11) is 1.59. The van der Waals surface area contributed by atoms with E-state index in [-0.39, 0.29) is 18.4 Å². The van der Waals surface area contributed by atoms with Gasteiger partial charge in [-0.2, -0.15) is 0 Å². The number of thiophene rings is 1. The summed E-state index contributed by atoms with van der Waals surface area (Å²) in [6.07, 6.45) is 0.885. The van der Waals surface area contributed by atoms with Crippen LogP contribution in [0.3, 0.4) is 0 Å². The van der Waals surface area contributed by atoms with E-state index in [0.29, 0.717) is 11.7 Å². The molecule has 1 aromatic carbocycles. The lowest BCUT2D eigenvalue weighted by Crippen LogP contribution is -2.32. The van der Waals surface area contributed by atoms with Crippen LogP contribution in [0, 0.1) is 5.92 Å². The summed E-state index contributed by atoms with van der Waals surface area (Å²) in [5, 5.41) is 14.6. The van der Waals surface area contributed by atoms with Crippen molar-refractivity contribution in [2.75, 3.05) is 13.7 Å². The Balaban J connectivity index is 1.67. The molecule has 2 N–H and O–H groups in total. The van der Waals surface area contributed by atoms with E-state index in [2.05, 4.69) is 11.4 Å². The third-order valence-corrected chi connectivity index (χ3v) is 5.05. The van der Waals surface area contributed by atoms with Crippen molar-refractivity contribution >= 4 is 17.2 Å². The quantitative estimate of drug-likeness (QED) is 0.861. The molecule has 1 heterocycles. The number of benzene rings is 1. The third kappa shape index (κ3) is 3.00. The molecule has 116 valence electrons. The Morgan fingerprint density at radius 3 is 2.91 bits per heavy atom. The molecule has 0 saturated heterocycles. The van der Waals surface area contributed by atoms with Crippen LogP contribution in [0.2, 0.25) is 0 Å². The lowest BCUT2D eigenvalue weighted by Gasteiger charge is -2.19. The minimum atomic E-state index is -0.437. The number of methoxy groups -OCH3 is 1. The van der Waals surface area contributed by atoms with Crippen molar-refractivity contribution in [3.8, 4) is 5.75 Å². The molecular formula is C17H19NO3S. The normalized spacial score (nSPS) is 21.2. The largest absolute Gasteiger partial charge is 0.496 e. The predicted molar refractivity (Wildman–Crippen MR) is 86.1 cm³/mol. The van der Waals surface area contributed by atoms with E-state index in [1.165, 1.54) is 4.88 Å². The molecule has 5 heteroatoms. The second-order valence-corrected chi connectivity index (χ2v) is 6.43. The smallest absolute Gasteiger partial charge is 0.224 e. The number of para-hydroxylation sites is 1. The number of aliphatic hydroxyl groups is 1. The van der Waals surface area contributed by atoms with Gasteiger partial charge in [-0.1, -0.05) is 24.3 Å². The Labute approximate surface area is 133 Å². The molecule has 4 nitrogen and oxygen atoms in total. The second-order valence-electron chi connectivity index (χ2n) is 5.45. The van der Waals surface area contributed by atoms with Crippen LogP contribution >= 0.6 is 11.3 Å². The molecular weight excluding hydrogens is 298 g/mol. The highest BCUT2D eigenvalue weighted by Gasteiger charge is 2.45. The number of rotatable bonds is 6. The number of carbonyl (C=O) groups is 1. The zero-order valence-corrected chi connectivity index (χ0v) is 13.2. The molecule has 1 aromatic heterocycles. The van der Waals surface area contributed by atoms with Crippen molar-refractivity contribution < 1.29 is 14.6 Å². The third-order valence-electron chi connectivity index (χ3n) is 4.05. The molecule has 1 aliphatic rings. The number of hydrogen-bond donors (Lipinski definition) is 2. The van der Waals surface area contributed by atoms with E-state index in [1.54, 1.807) is 18.4 Å². The van der Waals surface area contributed by atoms with Crippen LogP contribution in [0.4, 0.5) is 0 Å². The molecule has 0 unspecified atom stereocenters. The van der Waals surface area contributed by atoms with E-state index >= 15 is 0 Å². The van der Waals surface area contributed by atoms with Crippen LogP contribution in [0.5, 0.6) is 5.75 Å². The van der Waals surface area contributed by atoms with Gasteiger partial charge in [0.1, 0.15) is 5.75 Å². The maximum atomic E-state index is 12.4. The van der Waals surface area contributed by atoms with Crippen molar-refractivity contribution in [2.24, 2.45) is 5.92 Å². The van der Waals surface area contributed by atoms with Crippen LogP contribution in [0.1, 0.15) is 28.8 Å². The number of hydrogen-bond acceptors (Lipinski definition) is 4. The number of nitrogens with one attached hydrogen (secondary N) is 1. The van der Waals surface area contributed by atoms with Gasteiger partial charge in [0.05, 0.1) is 19.8 Å². The monoisotopic (exact) mass is 317 g/mol. The molecule has 22 heavy (non-hydrogen) atoms. The van der Waals surface area contributed by atoms with Crippen LogP contribution < -0.4 is 10.1 Å². The summed E-state index contributed by atoms with van der Waals surface area (Å²) < 4.78 is 5.31. The molecule has 2 aromatic rings. The standard InChI is InChI=1S/C17H19NO3S/c1-21-15-6-3-2-5-11(15)14(10-19)18-17(20)13-9-12(13)16-7-4-8-22-16/h2-8,12-14,19H,9-10H2,1H3,(H,18,20)/t12-,13-,14-/m0/s1. The average Bonchev–Trinajstić information content (AvgIpc) is 3.18. The Morgan fingerprint density at radius 2 is 2.23 bits per heavy atom. The average molecular weight is 317 g/mol. The van der Waals surface area contributed by atoms with E-state index in [9.17, 15) is 9.90 Å². The molecule has 3 atom stereocenters. The first-order valence-corrected chi connectivity index (χ1v) is 8.20. The second kappa shape index (κ2) is 6.50. The minimum Gasteiger partial charge on any atom is -0.496 e. The van der Waals surface area contributed by atoms with E-state index < -0.39 is 6.04 Å². The van der Waals surface area contributed by atoms with Gasteiger partial charge in [0.25, 0.3) is 0 Å². The molecule has 1 fully saturated rings. The maximum absolute atomic E-state index is 12.4. The predicted octanol–water partition coefficient (Wildman–Crippen LogP) is 2.71. The number of ether oxygens (including phenoxy) is 1. The lowest BCUT2D eigenvalue weighted by molar-refractivity contribution is -0.123. The number of amides is 1. The molecule has 1 aliphatic carbocycles. The first-order chi connectivity index (χ1) is 10.7. The van der Waals surface area contributed by atoms with Crippen LogP contribution in [0.25, 0.3) is 0 Å².